The van der Waals surface area contributed by atoms with Gasteiger partial charge in [-0.25, -0.2) is 9.59 Å². The molecule has 0 spiro atoms. The molecular formula is C11H18O4. The molecule has 15 heavy (non-hydrogen) atoms. The van der Waals surface area contributed by atoms with Crippen LogP contribution in [0.5, 0.6) is 0 Å². The van der Waals surface area contributed by atoms with Crippen molar-refractivity contribution < 1.29 is 19.4 Å². The Hall–Kier alpha value is -1.58. The summed E-state index contributed by atoms with van der Waals surface area (Å²) in [5, 5.41) is 8.10. The van der Waals surface area contributed by atoms with Gasteiger partial charge in [-0.1, -0.05) is 5.57 Å². The molecule has 0 fully saturated rings. The normalized spacial score (nSPS) is 9.40. The lowest BCUT2D eigenvalue weighted by molar-refractivity contribution is -0.142. The summed E-state index contributed by atoms with van der Waals surface area (Å²) in [6, 6.07) is 0. The van der Waals surface area contributed by atoms with Crippen LogP contribution in [0.1, 0.15) is 27.7 Å². The van der Waals surface area contributed by atoms with Crippen molar-refractivity contribution in [2.24, 2.45) is 0 Å². The summed E-state index contributed by atoms with van der Waals surface area (Å²) in [5.74, 6) is -1.80. The maximum Gasteiger partial charge on any atom is 0.331 e. The third kappa shape index (κ3) is 24.5. The van der Waals surface area contributed by atoms with Crippen LogP contribution in [0.15, 0.2) is 24.3 Å². The highest BCUT2D eigenvalue weighted by atomic mass is 16.5. The first-order valence-electron chi connectivity index (χ1n) is 4.49. The Kier molecular flexibility index (Phi) is 9.52. The van der Waals surface area contributed by atoms with Crippen LogP contribution in [0.2, 0.25) is 0 Å². The van der Waals surface area contributed by atoms with E-state index in [0.29, 0.717) is 0 Å². The fourth-order valence-electron chi connectivity index (χ4n) is 0.411. The summed E-state index contributed by atoms with van der Waals surface area (Å²) in [4.78, 5) is 20.5. The summed E-state index contributed by atoms with van der Waals surface area (Å²) in [5.41, 5.74) is 1.17. The lowest BCUT2D eigenvalue weighted by atomic mass is 10.4. The first-order valence-corrected chi connectivity index (χ1v) is 4.49. The zero-order chi connectivity index (χ0) is 12.4. The first kappa shape index (κ1) is 15.9. The monoisotopic (exact) mass is 214 g/mol. The molecule has 0 rings (SSSR count). The Bertz CT molecular complexity index is 247. The van der Waals surface area contributed by atoms with E-state index in [-0.39, 0.29) is 6.10 Å². The van der Waals surface area contributed by atoms with E-state index in [4.69, 9.17) is 5.11 Å². The molecule has 0 aromatic rings. The number of hydrogen-bond acceptors (Lipinski definition) is 3. The number of carbonyl (C=O) groups is 2. The fourth-order valence-corrected chi connectivity index (χ4v) is 0.411. The van der Waals surface area contributed by atoms with Gasteiger partial charge in [0.05, 0.1) is 6.10 Å². The molecule has 0 aliphatic rings. The number of hydrogen-bond donors (Lipinski definition) is 1. The van der Waals surface area contributed by atoms with Crippen molar-refractivity contribution in [3.05, 3.63) is 24.3 Å². The molecule has 4 nitrogen and oxygen atoms in total. The average molecular weight is 214 g/mol. The molecule has 0 aliphatic heterocycles. The Morgan fingerprint density at radius 1 is 1.27 bits per heavy atom. The molecule has 0 amide bonds. The van der Waals surface area contributed by atoms with Gasteiger partial charge in [-0.15, -0.1) is 6.58 Å². The van der Waals surface area contributed by atoms with E-state index in [9.17, 15) is 9.59 Å². The van der Waals surface area contributed by atoms with Crippen LogP contribution in [-0.2, 0) is 14.3 Å². The van der Waals surface area contributed by atoms with Crippen molar-refractivity contribution >= 4 is 11.9 Å². The second kappa shape index (κ2) is 8.99. The van der Waals surface area contributed by atoms with E-state index >= 15 is 0 Å². The highest BCUT2D eigenvalue weighted by Gasteiger charge is 2.00. The number of allylic oxidation sites excluding steroid dienone is 1. The molecule has 86 valence electrons. The number of esters is 1. The van der Waals surface area contributed by atoms with Crippen molar-refractivity contribution in [3.63, 3.8) is 0 Å². The van der Waals surface area contributed by atoms with Crippen molar-refractivity contribution in [1.82, 2.24) is 0 Å². The number of rotatable bonds is 3. The molecule has 4 heteroatoms. The highest BCUT2D eigenvalue weighted by molar-refractivity contribution is 5.90. The van der Waals surface area contributed by atoms with Gasteiger partial charge in [0, 0.05) is 12.2 Å². The molecule has 0 aliphatic carbocycles. The molecule has 0 bridgehead atoms. The van der Waals surface area contributed by atoms with Crippen molar-refractivity contribution in [2.75, 3.05) is 0 Å². The zero-order valence-corrected chi connectivity index (χ0v) is 9.61. The van der Waals surface area contributed by atoms with Gasteiger partial charge in [0.15, 0.2) is 0 Å². The number of aliphatic carboxylic acids is 1. The molecule has 0 saturated heterocycles. The second-order valence-corrected chi connectivity index (χ2v) is 3.36. The number of carboxylic acids is 1. The first-order chi connectivity index (χ1) is 6.75. The number of ether oxygens (including phenoxy) is 1. The van der Waals surface area contributed by atoms with Crippen molar-refractivity contribution in [1.29, 1.82) is 0 Å². The van der Waals surface area contributed by atoms with E-state index < -0.39 is 11.9 Å². The summed E-state index contributed by atoms with van der Waals surface area (Å²) >= 11 is 0. The Morgan fingerprint density at radius 3 is 1.93 bits per heavy atom. The summed E-state index contributed by atoms with van der Waals surface area (Å²) < 4.78 is 4.61. The summed E-state index contributed by atoms with van der Waals surface area (Å²) in [6.45, 7) is 10.9. The van der Waals surface area contributed by atoms with Gasteiger partial charge in [-0.3, -0.25) is 0 Å². The van der Waals surface area contributed by atoms with Crippen LogP contribution in [-0.4, -0.2) is 23.1 Å². The summed E-state index contributed by atoms with van der Waals surface area (Å²) in [7, 11) is 0. The third-order valence-corrected chi connectivity index (χ3v) is 0.714. The average Bonchev–Trinajstić information content (AvgIpc) is 1.98. The van der Waals surface area contributed by atoms with Crippen LogP contribution in [0.25, 0.3) is 0 Å². The van der Waals surface area contributed by atoms with Gasteiger partial charge in [0.2, 0.25) is 0 Å². The standard InChI is InChI=1S/C7H10O4.C4H8/c1-5(2)11-7(10)4-3-6(8)9;1-4(2)3/h3-5H,1-2H3,(H,8,9);1H2,2-3H3/b4-3-;. The minimum absolute atomic E-state index is 0.221. The van der Waals surface area contributed by atoms with Gasteiger partial charge in [0.25, 0.3) is 0 Å². The molecule has 0 atom stereocenters. The van der Waals surface area contributed by atoms with Gasteiger partial charge in [0.1, 0.15) is 0 Å². The molecule has 0 radical (unpaired) electrons. The molecule has 0 aromatic carbocycles. The maximum atomic E-state index is 10.6. The lowest BCUT2D eigenvalue weighted by Crippen LogP contribution is -2.08. The van der Waals surface area contributed by atoms with Gasteiger partial charge < -0.3 is 9.84 Å². The molecule has 0 saturated carbocycles. The maximum absolute atomic E-state index is 10.6. The van der Waals surface area contributed by atoms with Gasteiger partial charge in [-0.05, 0) is 27.7 Å². The van der Waals surface area contributed by atoms with Crippen LogP contribution in [0.4, 0.5) is 0 Å². The molecule has 1 N–H and O–H groups in total. The number of carbonyl (C=O) groups excluding carboxylic acids is 1. The SMILES string of the molecule is C=C(C)C.CC(C)OC(=O)/C=C\C(=O)O. The predicted octanol–water partition coefficient (Wildman–Crippen LogP) is 2.16. The Morgan fingerprint density at radius 2 is 1.67 bits per heavy atom. The van der Waals surface area contributed by atoms with Crippen molar-refractivity contribution in [2.45, 2.75) is 33.8 Å². The van der Waals surface area contributed by atoms with Crippen LogP contribution in [0, 0.1) is 0 Å². The van der Waals surface area contributed by atoms with E-state index in [2.05, 4.69) is 11.3 Å². The van der Waals surface area contributed by atoms with E-state index in [1.165, 1.54) is 5.57 Å². The summed E-state index contributed by atoms with van der Waals surface area (Å²) in [6.07, 6.45) is 1.40. The minimum Gasteiger partial charge on any atom is -0.478 e. The quantitative estimate of drug-likeness (QED) is 0.444. The lowest BCUT2D eigenvalue weighted by Gasteiger charge is -2.02. The van der Waals surface area contributed by atoms with E-state index in [1.807, 2.05) is 13.8 Å². The molecule has 0 unspecified atom stereocenters. The van der Waals surface area contributed by atoms with Crippen LogP contribution < -0.4 is 0 Å². The smallest absolute Gasteiger partial charge is 0.331 e. The van der Waals surface area contributed by atoms with E-state index in [0.717, 1.165) is 12.2 Å². The molecular weight excluding hydrogens is 196 g/mol. The highest BCUT2D eigenvalue weighted by Crippen LogP contribution is 1.89. The minimum atomic E-state index is -1.16. The van der Waals surface area contributed by atoms with E-state index in [1.54, 1.807) is 13.8 Å². The largest absolute Gasteiger partial charge is 0.478 e. The van der Waals surface area contributed by atoms with Gasteiger partial charge in [-0.2, -0.15) is 0 Å². The second-order valence-electron chi connectivity index (χ2n) is 3.36. The Balaban J connectivity index is 0. The van der Waals surface area contributed by atoms with Crippen LogP contribution in [0.3, 0.4) is 0 Å². The van der Waals surface area contributed by atoms with Crippen molar-refractivity contribution in [3.8, 4) is 0 Å². The zero-order valence-electron chi connectivity index (χ0n) is 9.61. The topological polar surface area (TPSA) is 63.6 Å². The Labute approximate surface area is 90.2 Å². The van der Waals surface area contributed by atoms with Gasteiger partial charge >= 0.3 is 11.9 Å². The van der Waals surface area contributed by atoms with Crippen LogP contribution >= 0.6 is 0 Å². The third-order valence-electron chi connectivity index (χ3n) is 0.714. The molecule has 0 aromatic heterocycles. The molecule has 0 heterocycles. The fraction of sp³-hybridized carbons (Fsp3) is 0.455. The predicted molar refractivity (Wildman–Crippen MR) is 58.5 cm³/mol. The number of carboxylic acid groups (broad SMARTS) is 1.